The Balaban J connectivity index is 1.89. The van der Waals surface area contributed by atoms with Crippen LogP contribution in [0.1, 0.15) is 36.4 Å². The van der Waals surface area contributed by atoms with Crippen LogP contribution in [0.3, 0.4) is 0 Å². The number of anilines is 1. The molecule has 2 aromatic rings. The molecular formula is C21H21BrN3O3-. The SMILES string of the molecule is CN(C)c1ccc([C@@H]2CC(c3ccc(Br)cc3)=NN2C(=O)CCC(=O)[O-])cc1. The van der Waals surface area contributed by atoms with Crippen LogP contribution in [-0.4, -0.2) is 36.7 Å². The second-order valence-electron chi connectivity index (χ2n) is 6.87. The van der Waals surface area contributed by atoms with Crippen LogP contribution >= 0.6 is 15.9 Å². The molecule has 7 heteroatoms. The molecule has 0 bridgehead atoms. The Morgan fingerprint density at radius 2 is 1.75 bits per heavy atom. The van der Waals surface area contributed by atoms with Crippen LogP contribution < -0.4 is 10.0 Å². The number of hydrogen-bond donors (Lipinski definition) is 0. The number of halogens is 1. The van der Waals surface area contributed by atoms with Crippen LogP contribution in [-0.2, 0) is 9.59 Å². The Labute approximate surface area is 172 Å². The molecular weight excluding hydrogens is 422 g/mol. The summed E-state index contributed by atoms with van der Waals surface area (Å²) in [6, 6.07) is 15.5. The monoisotopic (exact) mass is 442 g/mol. The van der Waals surface area contributed by atoms with Crippen molar-refractivity contribution in [3.63, 3.8) is 0 Å². The molecule has 1 heterocycles. The van der Waals surface area contributed by atoms with E-state index in [1.807, 2.05) is 67.5 Å². The van der Waals surface area contributed by atoms with Crippen LogP contribution in [0, 0.1) is 0 Å². The predicted molar refractivity (Wildman–Crippen MR) is 110 cm³/mol. The van der Waals surface area contributed by atoms with E-state index in [0.29, 0.717) is 6.42 Å². The standard InChI is InChI=1S/C21H22BrN3O3/c1-24(2)17-9-5-15(6-10-17)19-13-18(14-3-7-16(22)8-4-14)23-25(19)20(26)11-12-21(27)28/h3-10,19H,11-13H2,1-2H3,(H,27,28)/p-1/t19-/m0/s1. The van der Waals surface area contributed by atoms with Crippen LogP contribution in [0.5, 0.6) is 0 Å². The number of carbonyl (C=O) groups is 2. The van der Waals surface area contributed by atoms with E-state index in [1.165, 1.54) is 5.01 Å². The number of aliphatic carboxylic acids is 1. The number of rotatable bonds is 6. The molecule has 1 atom stereocenters. The van der Waals surface area contributed by atoms with E-state index in [0.717, 1.165) is 27.0 Å². The molecule has 0 radical (unpaired) electrons. The summed E-state index contributed by atoms with van der Waals surface area (Å²) in [4.78, 5) is 25.4. The summed E-state index contributed by atoms with van der Waals surface area (Å²) in [6.45, 7) is 0. The molecule has 1 amide bonds. The quantitative estimate of drug-likeness (QED) is 0.688. The maximum absolute atomic E-state index is 12.7. The molecule has 1 aliphatic rings. The average molecular weight is 443 g/mol. The molecule has 0 fully saturated rings. The lowest BCUT2D eigenvalue weighted by Crippen LogP contribution is -2.29. The van der Waals surface area contributed by atoms with Crippen molar-refractivity contribution in [2.24, 2.45) is 5.10 Å². The lowest BCUT2D eigenvalue weighted by Gasteiger charge is -2.23. The fourth-order valence-electron chi connectivity index (χ4n) is 3.13. The molecule has 0 aliphatic carbocycles. The molecule has 6 nitrogen and oxygen atoms in total. The van der Waals surface area contributed by atoms with Gasteiger partial charge in [0.15, 0.2) is 0 Å². The number of carbonyl (C=O) groups excluding carboxylic acids is 2. The van der Waals surface area contributed by atoms with Crippen LogP contribution in [0.25, 0.3) is 0 Å². The number of hydrazone groups is 1. The van der Waals surface area contributed by atoms with Crippen molar-refractivity contribution in [3.8, 4) is 0 Å². The fourth-order valence-corrected chi connectivity index (χ4v) is 3.40. The van der Waals surface area contributed by atoms with E-state index in [-0.39, 0.29) is 24.8 Å². The van der Waals surface area contributed by atoms with E-state index in [1.54, 1.807) is 0 Å². The summed E-state index contributed by atoms with van der Waals surface area (Å²) in [5.41, 5.74) is 3.76. The Bertz CT molecular complexity index is 892. The normalized spacial score (nSPS) is 16.0. The molecule has 146 valence electrons. The summed E-state index contributed by atoms with van der Waals surface area (Å²) < 4.78 is 0.965. The molecule has 1 aliphatic heterocycles. The fraction of sp³-hybridized carbons (Fsp3) is 0.286. The predicted octanol–water partition coefficient (Wildman–Crippen LogP) is 2.72. The zero-order chi connectivity index (χ0) is 20.3. The van der Waals surface area contributed by atoms with Crippen molar-refractivity contribution in [2.45, 2.75) is 25.3 Å². The first-order valence-electron chi connectivity index (χ1n) is 8.98. The van der Waals surface area contributed by atoms with E-state index < -0.39 is 5.97 Å². The summed E-state index contributed by atoms with van der Waals surface area (Å²) in [6.07, 6.45) is 0.122. The van der Waals surface area contributed by atoms with E-state index >= 15 is 0 Å². The number of carboxylic acids is 1. The lowest BCUT2D eigenvalue weighted by atomic mass is 9.98. The van der Waals surface area contributed by atoms with Crippen molar-refractivity contribution in [1.82, 2.24) is 5.01 Å². The molecule has 0 N–H and O–H groups in total. The highest BCUT2D eigenvalue weighted by Crippen LogP contribution is 2.34. The van der Waals surface area contributed by atoms with Gasteiger partial charge in [0.25, 0.3) is 0 Å². The van der Waals surface area contributed by atoms with Gasteiger partial charge in [0, 0.05) is 43.1 Å². The summed E-state index contributed by atoms with van der Waals surface area (Å²) in [5, 5.41) is 16.7. The Morgan fingerprint density at radius 3 is 2.32 bits per heavy atom. The number of benzene rings is 2. The highest BCUT2D eigenvalue weighted by molar-refractivity contribution is 9.10. The Hall–Kier alpha value is -2.67. The minimum atomic E-state index is -1.24. The van der Waals surface area contributed by atoms with E-state index in [9.17, 15) is 14.7 Å². The molecule has 28 heavy (non-hydrogen) atoms. The van der Waals surface area contributed by atoms with Crippen LogP contribution in [0.4, 0.5) is 5.69 Å². The number of carboxylic acid groups (broad SMARTS) is 1. The Morgan fingerprint density at radius 1 is 1.11 bits per heavy atom. The van der Waals surface area contributed by atoms with Gasteiger partial charge in [0.05, 0.1) is 11.8 Å². The van der Waals surface area contributed by atoms with Crippen molar-refractivity contribution >= 4 is 39.2 Å². The van der Waals surface area contributed by atoms with Crippen molar-refractivity contribution in [2.75, 3.05) is 19.0 Å². The van der Waals surface area contributed by atoms with Gasteiger partial charge in [0.2, 0.25) is 5.91 Å². The van der Waals surface area contributed by atoms with Gasteiger partial charge in [0.1, 0.15) is 0 Å². The van der Waals surface area contributed by atoms with Gasteiger partial charge >= 0.3 is 0 Å². The minimum Gasteiger partial charge on any atom is -0.550 e. The van der Waals surface area contributed by atoms with Crippen molar-refractivity contribution in [1.29, 1.82) is 0 Å². The van der Waals surface area contributed by atoms with Gasteiger partial charge in [-0.15, -0.1) is 0 Å². The van der Waals surface area contributed by atoms with Gasteiger partial charge in [-0.05, 0) is 41.8 Å². The summed E-state index contributed by atoms with van der Waals surface area (Å²) >= 11 is 3.42. The van der Waals surface area contributed by atoms with Gasteiger partial charge in [-0.3, -0.25) is 4.79 Å². The first kappa shape index (κ1) is 20.1. The number of amides is 1. The second-order valence-corrected chi connectivity index (χ2v) is 7.79. The third kappa shape index (κ3) is 4.59. The molecule has 2 aromatic carbocycles. The van der Waals surface area contributed by atoms with Crippen molar-refractivity contribution in [3.05, 3.63) is 64.1 Å². The zero-order valence-electron chi connectivity index (χ0n) is 15.8. The second kappa shape index (κ2) is 8.56. The topological polar surface area (TPSA) is 76.0 Å². The third-order valence-corrected chi connectivity index (χ3v) is 5.21. The molecule has 3 rings (SSSR count). The molecule has 0 saturated carbocycles. The average Bonchev–Trinajstić information content (AvgIpc) is 3.12. The molecule has 0 unspecified atom stereocenters. The number of nitrogens with zero attached hydrogens (tertiary/aromatic N) is 3. The maximum Gasteiger partial charge on any atom is 0.243 e. The molecule has 0 spiro atoms. The van der Waals surface area contributed by atoms with Crippen LogP contribution in [0.15, 0.2) is 58.1 Å². The summed E-state index contributed by atoms with van der Waals surface area (Å²) in [7, 11) is 3.93. The van der Waals surface area contributed by atoms with Gasteiger partial charge in [-0.25, -0.2) is 5.01 Å². The largest absolute Gasteiger partial charge is 0.550 e. The van der Waals surface area contributed by atoms with Gasteiger partial charge in [-0.2, -0.15) is 5.10 Å². The molecule has 0 saturated heterocycles. The minimum absolute atomic E-state index is 0.133. The van der Waals surface area contributed by atoms with Crippen LogP contribution in [0.2, 0.25) is 0 Å². The molecule has 0 aromatic heterocycles. The van der Waals surface area contributed by atoms with E-state index in [4.69, 9.17) is 0 Å². The van der Waals surface area contributed by atoms with Crippen molar-refractivity contribution < 1.29 is 14.7 Å². The smallest absolute Gasteiger partial charge is 0.243 e. The Kier molecular flexibility index (Phi) is 6.14. The number of hydrogen-bond acceptors (Lipinski definition) is 5. The first-order chi connectivity index (χ1) is 13.3. The zero-order valence-corrected chi connectivity index (χ0v) is 17.3. The highest BCUT2D eigenvalue weighted by atomic mass is 79.9. The van der Waals surface area contributed by atoms with Gasteiger partial charge in [-0.1, -0.05) is 40.2 Å². The van der Waals surface area contributed by atoms with E-state index in [2.05, 4.69) is 21.0 Å². The third-order valence-electron chi connectivity index (χ3n) is 4.68. The first-order valence-corrected chi connectivity index (χ1v) is 9.77. The lowest BCUT2D eigenvalue weighted by molar-refractivity contribution is -0.305. The maximum atomic E-state index is 12.7. The van der Waals surface area contributed by atoms with Gasteiger partial charge < -0.3 is 14.8 Å². The highest BCUT2D eigenvalue weighted by Gasteiger charge is 2.32. The summed E-state index contributed by atoms with van der Waals surface area (Å²) in [5.74, 6) is -1.56.